The maximum Gasteiger partial charge on any atom is 0.416 e. The number of rotatable bonds is 5. The summed E-state index contributed by atoms with van der Waals surface area (Å²) in [5, 5.41) is 5.52. The lowest BCUT2D eigenvalue weighted by Gasteiger charge is -2.12. The highest BCUT2D eigenvalue weighted by molar-refractivity contribution is 5.99. The molecule has 40 heavy (non-hydrogen) atoms. The predicted octanol–water partition coefficient (Wildman–Crippen LogP) is 7.11. The largest absolute Gasteiger partial charge is 0.416 e. The summed E-state index contributed by atoms with van der Waals surface area (Å²) in [5.74, 6) is -0.351. The molecule has 0 amide bonds. The maximum atomic E-state index is 14.4. The van der Waals surface area contributed by atoms with Crippen molar-refractivity contribution in [3.8, 4) is 11.4 Å². The van der Waals surface area contributed by atoms with Crippen LogP contribution in [-0.4, -0.2) is 20.4 Å². The fourth-order valence-corrected chi connectivity index (χ4v) is 4.69. The van der Waals surface area contributed by atoms with Crippen LogP contribution in [0.4, 0.5) is 17.6 Å². The molecular weight excluding hydrogens is 520 g/mol. The Kier molecular flexibility index (Phi) is 6.26. The molecule has 0 radical (unpaired) electrons. The molecule has 0 bridgehead atoms. The Morgan fingerprint density at radius 3 is 2.38 bits per heavy atom. The molecule has 0 atom stereocenters. The van der Waals surface area contributed by atoms with E-state index >= 15 is 0 Å². The predicted molar refractivity (Wildman–Crippen MR) is 147 cm³/mol. The van der Waals surface area contributed by atoms with Gasteiger partial charge in [-0.15, -0.1) is 0 Å². The molecule has 6 rings (SSSR count). The highest BCUT2D eigenvalue weighted by Crippen LogP contribution is 2.32. The first-order valence-electron chi connectivity index (χ1n) is 12.3. The summed E-state index contributed by atoms with van der Waals surface area (Å²) in [4.78, 5) is 18.0. The summed E-state index contributed by atoms with van der Waals surface area (Å²) in [6.07, 6.45) is -1.31. The van der Waals surface area contributed by atoms with Gasteiger partial charge >= 0.3 is 6.18 Å². The highest BCUT2D eigenvalue weighted by Gasteiger charge is 2.31. The van der Waals surface area contributed by atoms with Crippen LogP contribution < -0.4 is 5.56 Å². The Hall–Kier alpha value is -5.05. The average molecular weight is 541 g/mol. The number of alkyl halides is 3. The van der Waals surface area contributed by atoms with Gasteiger partial charge in [0.2, 0.25) is 0 Å². The van der Waals surface area contributed by atoms with Crippen LogP contribution in [0.25, 0.3) is 33.2 Å². The van der Waals surface area contributed by atoms with Gasteiger partial charge in [0.05, 0.1) is 29.2 Å². The number of hydrogen-bond donors (Lipinski definition) is 0. The van der Waals surface area contributed by atoms with Crippen LogP contribution in [0, 0.1) is 5.82 Å². The minimum absolute atomic E-state index is 0.0267. The van der Waals surface area contributed by atoms with E-state index in [0.29, 0.717) is 16.6 Å². The van der Waals surface area contributed by atoms with E-state index in [1.165, 1.54) is 24.4 Å². The smallest absolute Gasteiger partial charge is 0.342 e. The fourth-order valence-electron chi connectivity index (χ4n) is 4.69. The van der Waals surface area contributed by atoms with Gasteiger partial charge in [-0.3, -0.25) is 4.79 Å². The van der Waals surface area contributed by atoms with E-state index in [-0.39, 0.29) is 29.1 Å². The third-order valence-electron chi connectivity index (χ3n) is 6.63. The molecule has 0 N–H and O–H groups in total. The molecule has 0 aliphatic heterocycles. The van der Waals surface area contributed by atoms with Crippen molar-refractivity contribution in [2.45, 2.75) is 12.7 Å². The molecule has 2 heterocycles. The standard InChI is InChI=1S/C31H20F4N4O/c32-26-13-4-1-8-21(26)18-38-19-22(24-11-3-6-15-28(24)38)17-36-39-29(20-9-7-10-23(16-20)31(33,34)35)37-27-14-5-2-12-25(27)30(39)40/h1-17,19H,18H2. The van der Waals surface area contributed by atoms with Crippen molar-refractivity contribution in [2.24, 2.45) is 5.10 Å². The van der Waals surface area contributed by atoms with E-state index < -0.39 is 17.3 Å². The zero-order chi connectivity index (χ0) is 27.9. The van der Waals surface area contributed by atoms with Crippen molar-refractivity contribution < 1.29 is 17.6 Å². The quantitative estimate of drug-likeness (QED) is 0.173. The number of nitrogens with zero attached hydrogens (tertiary/aromatic N) is 4. The molecular formula is C31H20F4N4O. The first-order chi connectivity index (χ1) is 19.3. The van der Waals surface area contributed by atoms with Crippen molar-refractivity contribution in [3.05, 3.63) is 136 Å². The van der Waals surface area contributed by atoms with Gasteiger partial charge < -0.3 is 4.57 Å². The number of fused-ring (bicyclic) bond motifs is 2. The first-order valence-corrected chi connectivity index (χ1v) is 12.3. The van der Waals surface area contributed by atoms with Gasteiger partial charge in [-0.25, -0.2) is 9.37 Å². The lowest BCUT2D eigenvalue weighted by atomic mass is 10.1. The molecule has 6 aromatic rings. The molecule has 0 saturated carbocycles. The Balaban J connectivity index is 1.50. The van der Waals surface area contributed by atoms with Crippen LogP contribution >= 0.6 is 0 Å². The van der Waals surface area contributed by atoms with E-state index in [0.717, 1.165) is 27.7 Å². The van der Waals surface area contributed by atoms with Crippen molar-refractivity contribution in [3.63, 3.8) is 0 Å². The van der Waals surface area contributed by atoms with Crippen LogP contribution in [0.5, 0.6) is 0 Å². The molecule has 0 spiro atoms. The van der Waals surface area contributed by atoms with Crippen LogP contribution in [-0.2, 0) is 12.7 Å². The first kappa shape index (κ1) is 25.2. The summed E-state index contributed by atoms with van der Waals surface area (Å²) < 4.78 is 57.7. The molecule has 0 fully saturated rings. The minimum Gasteiger partial charge on any atom is -0.342 e. The Morgan fingerprint density at radius 2 is 1.57 bits per heavy atom. The zero-order valence-electron chi connectivity index (χ0n) is 20.8. The summed E-state index contributed by atoms with van der Waals surface area (Å²) in [6.45, 7) is 0.272. The Bertz CT molecular complexity index is 1970. The zero-order valence-corrected chi connectivity index (χ0v) is 20.8. The molecule has 4 aromatic carbocycles. The van der Waals surface area contributed by atoms with Crippen LogP contribution in [0.2, 0.25) is 0 Å². The lowest BCUT2D eigenvalue weighted by molar-refractivity contribution is -0.137. The summed E-state index contributed by atoms with van der Waals surface area (Å²) in [6, 6.07) is 25.2. The van der Waals surface area contributed by atoms with Gasteiger partial charge in [0.25, 0.3) is 5.56 Å². The number of benzene rings is 4. The number of aromatic nitrogens is 3. The molecule has 9 heteroatoms. The fraction of sp³-hybridized carbons (Fsp3) is 0.0645. The van der Waals surface area contributed by atoms with E-state index in [1.54, 1.807) is 48.7 Å². The van der Waals surface area contributed by atoms with Gasteiger partial charge in [0.1, 0.15) is 5.82 Å². The molecule has 198 valence electrons. The third-order valence-corrected chi connectivity index (χ3v) is 6.63. The number of halogens is 4. The summed E-state index contributed by atoms with van der Waals surface area (Å²) >= 11 is 0. The van der Waals surface area contributed by atoms with Gasteiger partial charge in [0, 0.05) is 33.8 Å². The second-order valence-corrected chi connectivity index (χ2v) is 9.21. The second kappa shape index (κ2) is 9.92. The number of hydrogen-bond acceptors (Lipinski definition) is 3. The minimum atomic E-state index is -4.57. The van der Waals surface area contributed by atoms with Gasteiger partial charge in [-0.05, 0) is 36.4 Å². The van der Waals surface area contributed by atoms with Gasteiger partial charge in [-0.1, -0.05) is 60.7 Å². The van der Waals surface area contributed by atoms with Crippen LogP contribution in [0.15, 0.2) is 113 Å². The monoisotopic (exact) mass is 540 g/mol. The molecule has 0 unspecified atom stereocenters. The Morgan fingerprint density at radius 1 is 0.850 bits per heavy atom. The average Bonchev–Trinajstić information content (AvgIpc) is 3.30. The molecule has 5 nitrogen and oxygen atoms in total. The lowest BCUT2D eigenvalue weighted by Crippen LogP contribution is -2.20. The second-order valence-electron chi connectivity index (χ2n) is 9.21. The molecule has 2 aromatic heterocycles. The van der Waals surface area contributed by atoms with E-state index in [9.17, 15) is 22.4 Å². The number of para-hydroxylation sites is 2. The highest BCUT2D eigenvalue weighted by atomic mass is 19.4. The van der Waals surface area contributed by atoms with Crippen molar-refractivity contribution in [1.29, 1.82) is 0 Å². The van der Waals surface area contributed by atoms with Crippen molar-refractivity contribution >= 4 is 28.0 Å². The molecule has 0 aliphatic rings. The van der Waals surface area contributed by atoms with Crippen LogP contribution in [0.3, 0.4) is 0 Å². The van der Waals surface area contributed by atoms with Crippen molar-refractivity contribution in [2.75, 3.05) is 0 Å². The topological polar surface area (TPSA) is 52.2 Å². The third kappa shape index (κ3) is 4.66. The van der Waals surface area contributed by atoms with Crippen molar-refractivity contribution in [1.82, 2.24) is 14.2 Å². The van der Waals surface area contributed by atoms with E-state index in [4.69, 9.17) is 0 Å². The molecule has 0 aliphatic carbocycles. The molecule has 0 saturated heterocycles. The van der Waals surface area contributed by atoms with E-state index in [1.807, 2.05) is 28.8 Å². The summed E-state index contributed by atoms with van der Waals surface area (Å²) in [5.41, 5.74) is 1.03. The SMILES string of the molecule is O=c1c2ccccc2nc(-c2cccc(C(F)(F)F)c2)n1N=Cc1cn(Cc2ccccc2F)c2ccccc12. The van der Waals surface area contributed by atoms with Crippen LogP contribution in [0.1, 0.15) is 16.7 Å². The van der Waals surface area contributed by atoms with Gasteiger partial charge in [0.15, 0.2) is 5.82 Å². The maximum absolute atomic E-state index is 14.4. The Labute approximate surface area is 225 Å². The van der Waals surface area contributed by atoms with Gasteiger partial charge in [-0.2, -0.15) is 22.9 Å². The normalized spacial score (nSPS) is 12.1. The summed E-state index contributed by atoms with van der Waals surface area (Å²) in [7, 11) is 0. The van der Waals surface area contributed by atoms with E-state index in [2.05, 4.69) is 10.1 Å².